The van der Waals surface area contributed by atoms with Crippen LogP contribution in [0.2, 0.25) is 0 Å². The molecule has 1 fully saturated rings. The van der Waals surface area contributed by atoms with E-state index >= 15 is 0 Å². The fourth-order valence-corrected chi connectivity index (χ4v) is 3.48. The number of methoxy groups -OCH3 is 1. The molecule has 0 atom stereocenters. The molecule has 5 heteroatoms. The molecule has 0 amide bonds. The lowest BCUT2D eigenvalue weighted by molar-refractivity contribution is -0.0455. The molecule has 0 bridgehead atoms. The van der Waals surface area contributed by atoms with E-state index < -0.39 is 11.2 Å². The Labute approximate surface area is 139 Å². The Morgan fingerprint density at radius 2 is 2.00 bits per heavy atom. The number of hydrogen-bond donors (Lipinski definition) is 0. The maximum atomic E-state index is 13.2. The lowest BCUT2D eigenvalue weighted by Gasteiger charge is -2.35. The Bertz CT molecular complexity index is 803. The van der Waals surface area contributed by atoms with Gasteiger partial charge in [0, 0.05) is 19.6 Å². The first kappa shape index (κ1) is 16.8. The summed E-state index contributed by atoms with van der Waals surface area (Å²) >= 11 is 0. The highest BCUT2D eigenvalue weighted by Crippen LogP contribution is 2.35. The molecule has 0 aliphatic heterocycles. The number of fused-ring (bicyclic) bond motifs is 1. The number of rotatable bonds is 5. The van der Waals surface area contributed by atoms with Gasteiger partial charge in [0.25, 0.3) is 0 Å². The van der Waals surface area contributed by atoms with Crippen LogP contribution < -0.4 is 5.43 Å². The average Bonchev–Trinajstić information content (AvgIpc) is 2.61. The van der Waals surface area contributed by atoms with E-state index in [4.69, 9.17) is 9.15 Å². The zero-order chi connectivity index (χ0) is 17.2. The molecule has 1 aromatic carbocycles. The van der Waals surface area contributed by atoms with Gasteiger partial charge in [0.2, 0.25) is 0 Å². The zero-order valence-corrected chi connectivity index (χ0v) is 13.8. The van der Waals surface area contributed by atoms with Crippen molar-refractivity contribution in [2.45, 2.75) is 50.5 Å². The summed E-state index contributed by atoms with van der Waals surface area (Å²) < 4.78 is 24.4. The van der Waals surface area contributed by atoms with Gasteiger partial charge in [-0.25, -0.2) is 4.39 Å². The second-order valence-corrected chi connectivity index (χ2v) is 6.49. The van der Waals surface area contributed by atoms with Crippen molar-refractivity contribution in [2.75, 3.05) is 7.11 Å². The Hall–Kier alpha value is -2.01. The maximum absolute atomic E-state index is 13.2. The van der Waals surface area contributed by atoms with Crippen molar-refractivity contribution in [1.29, 1.82) is 0 Å². The van der Waals surface area contributed by atoms with Gasteiger partial charge < -0.3 is 9.15 Å². The summed E-state index contributed by atoms with van der Waals surface area (Å²) in [4.78, 5) is 24.5. The summed E-state index contributed by atoms with van der Waals surface area (Å²) in [5.74, 6) is -0.699. The van der Waals surface area contributed by atoms with Gasteiger partial charge in [-0.05, 0) is 37.5 Å². The van der Waals surface area contributed by atoms with Crippen LogP contribution >= 0.6 is 0 Å². The monoisotopic (exact) mass is 332 g/mol. The summed E-state index contributed by atoms with van der Waals surface area (Å²) in [5.41, 5.74) is -0.418. The highest BCUT2D eigenvalue weighted by Gasteiger charge is 2.32. The first-order chi connectivity index (χ1) is 11.5. The van der Waals surface area contributed by atoms with Crippen LogP contribution in [-0.4, -0.2) is 18.5 Å². The van der Waals surface area contributed by atoms with E-state index in [0.717, 1.165) is 37.8 Å². The topological polar surface area (TPSA) is 56.5 Å². The van der Waals surface area contributed by atoms with Crippen molar-refractivity contribution >= 4 is 16.8 Å². The maximum Gasteiger partial charge on any atom is 0.198 e. The molecule has 1 aromatic heterocycles. The molecule has 4 nitrogen and oxygen atoms in total. The van der Waals surface area contributed by atoms with Crippen molar-refractivity contribution in [1.82, 2.24) is 0 Å². The molecular weight excluding hydrogens is 311 g/mol. The minimum absolute atomic E-state index is 0.0289. The van der Waals surface area contributed by atoms with Crippen molar-refractivity contribution in [3.63, 3.8) is 0 Å². The third-order valence-corrected chi connectivity index (χ3v) is 4.97. The fraction of sp³-hybridized carbons (Fsp3) is 0.474. The number of carbonyl (C=O) groups is 1. The number of ether oxygens (including phenoxy) is 1. The van der Waals surface area contributed by atoms with Crippen molar-refractivity contribution in [2.24, 2.45) is 0 Å². The first-order valence-corrected chi connectivity index (χ1v) is 8.35. The smallest absolute Gasteiger partial charge is 0.198 e. The number of hydrogen-bond acceptors (Lipinski definition) is 4. The number of Topliss-reactive ketones (excluding diaryl/α,β-unsaturated/α-hetero) is 1. The van der Waals surface area contributed by atoms with Gasteiger partial charge in [-0.3, -0.25) is 9.59 Å². The number of halogens is 1. The summed E-state index contributed by atoms with van der Waals surface area (Å²) in [7, 11) is 1.69. The zero-order valence-electron chi connectivity index (χ0n) is 13.8. The largest absolute Gasteiger partial charge is 0.453 e. The lowest BCUT2D eigenvalue weighted by atomic mass is 9.81. The molecule has 3 rings (SSSR count). The van der Waals surface area contributed by atoms with Gasteiger partial charge >= 0.3 is 0 Å². The van der Waals surface area contributed by atoms with E-state index in [1.807, 2.05) is 0 Å². The molecule has 0 radical (unpaired) electrons. The average molecular weight is 332 g/mol. The van der Waals surface area contributed by atoms with Crippen molar-refractivity contribution in [3.8, 4) is 0 Å². The third-order valence-electron chi connectivity index (χ3n) is 4.97. The molecule has 128 valence electrons. The summed E-state index contributed by atoms with van der Waals surface area (Å²) in [6.07, 6.45) is 6.22. The molecule has 1 aliphatic carbocycles. The van der Waals surface area contributed by atoms with Gasteiger partial charge in [-0.15, -0.1) is 0 Å². The van der Waals surface area contributed by atoms with Crippen LogP contribution in [0, 0.1) is 5.82 Å². The van der Waals surface area contributed by atoms with Crippen LogP contribution in [0.3, 0.4) is 0 Å². The van der Waals surface area contributed by atoms with Crippen molar-refractivity contribution in [3.05, 3.63) is 46.1 Å². The highest BCUT2D eigenvalue weighted by atomic mass is 19.1. The Morgan fingerprint density at radius 3 is 2.71 bits per heavy atom. The molecule has 1 saturated carbocycles. The number of carbonyl (C=O) groups excluding carboxylic acids is 1. The van der Waals surface area contributed by atoms with Gasteiger partial charge in [-0.1, -0.05) is 19.3 Å². The van der Waals surface area contributed by atoms with E-state index in [1.54, 1.807) is 7.11 Å². The molecule has 2 aromatic rings. The van der Waals surface area contributed by atoms with Crippen LogP contribution in [0.1, 0.15) is 55.5 Å². The first-order valence-electron chi connectivity index (χ1n) is 8.35. The third kappa shape index (κ3) is 3.41. The molecule has 0 spiro atoms. The van der Waals surface area contributed by atoms with Crippen LogP contribution in [0.4, 0.5) is 4.39 Å². The molecule has 1 heterocycles. The fourth-order valence-electron chi connectivity index (χ4n) is 3.48. The summed E-state index contributed by atoms with van der Waals surface area (Å²) in [5, 5.41) is 0.146. The second kappa shape index (κ2) is 6.85. The minimum Gasteiger partial charge on any atom is -0.453 e. The number of ketones is 1. The van der Waals surface area contributed by atoms with Gasteiger partial charge in [0.15, 0.2) is 17.0 Å². The summed E-state index contributed by atoms with van der Waals surface area (Å²) in [6, 6.07) is 4.87. The normalized spacial score (nSPS) is 17.1. The van der Waals surface area contributed by atoms with Crippen LogP contribution in [0.5, 0.6) is 0 Å². The van der Waals surface area contributed by atoms with Crippen LogP contribution in [-0.2, 0) is 4.74 Å². The Morgan fingerprint density at radius 1 is 1.25 bits per heavy atom. The molecule has 0 unspecified atom stereocenters. The number of benzene rings is 1. The lowest BCUT2D eigenvalue weighted by Crippen LogP contribution is -2.34. The quantitative estimate of drug-likeness (QED) is 0.768. The van der Waals surface area contributed by atoms with E-state index in [0.29, 0.717) is 6.42 Å². The molecular formula is C19H21FO4. The van der Waals surface area contributed by atoms with Gasteiger partial charge in [0.1, 0.15) is 11.4 Å². The molecule has 0 N–H and O–H groups in total. The Kier molecular flexibility index (Phi) is 4.81. The van der Waals surface area contributed by atoms with Gasteiger partial charge in [-0.2, -0.15) is 0 Å². The molecule has 1 aliphatic rings. The molecule has 24 heavy (non-hydrogen) atoms. The predicted molar refractivity (Wildman–Crippen MR) is 88.8 cm³/mol. The van der Waals surface area contributed by atoms with Crippen LogP contribution in [0.15, 0.2) is 33.5 Å². The van der Waals surface area contributed by atoms with Crippen molar-refractivity contribution < 1.29 is 18.3 Å². The second-order valence-electron chi connectivity index (χ2n) is 6.49. The SMILES string of the molecule is COC1(CCC(=O)c2cc(=O)c3cc(F)ccc3o2)CCCCC1. The standard InChI is InChI=1S/C19H21FO4/c1-23-19(8-3-2-4-9-19)10-7-15(21)18-12-16(22)14-11-13(20)5-6-17(14)24-18/h5-6,11-12H,2-4,7-10H2,1H3. The van der Waals surface area contributed by atoms with E-state index in [1.165, 1.54) is 18.6 Å². The van der Waals surface area contributed by atoms with E-state index in [-0.39, 0.29) is 34.5 Å². The van der Waals surface area contributed by atoms with Crippen LogP contribution in [0.25, 0.3) is 11.0 Å². The predicted octanol–water partition coefficient (Wildman–Crippen LogP) is 4.24. The Balaban J connectivity index is 1.79. The summed E-state index contributed by atoms with van der Waals surface area (Å²) in [6.45, 7) is 0. The van der Waals surface area contributed by atoms with E-state index in [2.05, 4.69) is 0 Å². The molecule has 0 saturated heterocycles. The highest BCUT2D eigenvalue weighted by molar-refractivity contribution is 5.94. The van der Waals surface area contributed by atoms with E-state index in [9.17, 15) is 14.0 Å². The van der Waals surface area contributed by atoms with Gasteiger partial charge in [0.05, 0.1) is 11.0 Å². The minimum atomic E-state index is -0.506.